The van der Waals surface area contributed by atoms with E-state index < -0.39 is 0 Å². The summed E-state index contributed by atoms with van der Waals surface area (Å²) in [7, 11) is 0. The van der Waals surface area contributed by atoms with Crippen molar-refractivity contribution in [2.24, 2.45) is 0 Å². The minimum absolute atomic E-state index is 0.745. The van der Waals surface area contributed by atoms with Crippen LogP contribution in [0.5, 0.6) is 0 Å². The van der Waals surface area contributed by atoms with Crippen LogP contribution in [0.2, 0.25) is 0 Å². The second-order valence-electron chi connectivity index (χ2n) is 2.48. The summed E-state index contributed by atoms with van der Waals surface area (Å²) < 4.78 is 0. The smallest absolute Gasteiger partial charge is 0.181 e. The average molecular weight is 178 g/mol. The molecule has 0 amide bonds. The number of aromatic amines is 1. The number of aryl methyl sites for hydroxylation is 2. The van der Waals surface area contributed by atoms with Crippen molar-refractivity contribution in [1.29, 1.82) is 0 Å². The number of hydrogen-bond acceptors (Lipinski definition) is 3. The molecule has 0 aliphatic rings. The monoisotopic (exact) mass is 178 g/mol. The van der Waals surface area contributed by atoms with Crippen molar-refractivity contribution < 1.29 is 0 Å². The molecular weight excluding hydrogens is 164 g/mol. The van der Waals surface area contributed by atoms with Gasteiger partial charge in [-0.25, -0.2) is 15.0 Å². The molecule has 70 valence electrons. The van der Waals surface area contributed by atoms with Gasteiger partial charge in [0.25, 0.3) is 0 Å². The number of fused-ring (bicyclic) bond motifs is 1. The number of H-pyrrole nitrogens is 1. The largest absolute Gasteiger partial charge is 0.340 e. The van der Waals surface area contributed by atoms with Crippen LogP contribution in [0.4, 0.5) is 0 Å². The third-order valence-corrected chi connectivity index (χ3v) is 1.48. The van der Waals surface area contributed by atoms with Gasteiger partial charge in [0.2, 0.25) is 0 Å². The predicted octanol–water partition coefficient (Wildman–Crippen LogP) is 2.00. The summed E-state index contributed by atoms with van der Waals surface area (Å²) in [6.45, 7) is 7.75. The fourth-order valence-electron chi connectivity index (χ4n) is 1.01. The molecule has 13 heavy (non-hydrogen) atoms. The van der Waals surface area contributed by atoms with Crippen molar-refractivity contribution in [3.63, 3.8) is 0 Å². The van der Waals surface area contributed by atoms with Gasteiger partial charge >= 0.3 is 0 Å². The van der Waals surface area contributed by atoms with Crippen LogP contribution in [0.15, 0.2) is 6.20 Å². The molecule has 0 fully saturated rings. The van der Waals surface area contributed by atoms with Gasteiger partial charge in [-0.3, -0.25) is 0 Å². The maximum atomic E-state index is 4.17. The van der Waals surface area contributed by atoms with E-state index >= 15 is 0 Å². The third kappa shape index (κ3) is 2.02. The molecular formula is C9H14N4. The third-order valence-electron chi connectivity index (χ3n) is 1.48. The summed E-state index contributed by atoms with van der Waals surface area (Å²) in [6.07, 6.45) is 1.75. The maximum Gasteiger partial charge on any atom is 0.181 e. The van der Waals surface area contributed by atoms with Gasteiger partial charge in [-0.2, -0.15) is 0 Å². The van der Waals surface area contributed by atoms with Crippen molar-refractivity contribution >= 4 is 11.2 Å². The van der Waals surface area contributed by atoms with Gasteiger partial charge < -0.3 is 4.98 Å². The summed E-state index contributed by atoms with van der Waals surface area (Å²) in [5.41, 5.74) is 1.64. The Morgan fingerprint density at radius 2 is 1.85 bits per heavy atom. The fourth-order valence-corrected chi connectivity index (χ4v) is 1.01. The standard InChI is InChI=1S/C7H8N4.C2H6/c1-4-8-3-6-7(10-4)11-5(2)9-6;1-2/h3H,1-2H3,(H,8,9,10,11);1-2H3. The Balaban J connectivity index is 0.000000396. The van der Waals surface area contributed by atoms with E-state index in [1.54, 1.807) is 6.20 Å². The highest BCUT2D eigenvalue weighted by molar-refractivity contribution is 5.68. The molecule has 0 unspecified atom stereocenters. The number of imidazole rings is 1. The van der Waals surface area contributed by atoms with E-state index in [0.717, 1.165) is 22.8 Å². The summed E-state index contributed by atoms with van der Waals surface area (Å²) in [5, 5.41) is 0. The SMILES string of the molecule is CC.Cc1ncc2[nH]c(C)nc2n1. The van der Waals surface area contributed by atoms with E-state index in [1.165, 1.54) is 0 Å². The highest BCUT2D eigenvalue weighted by atomic mass is 15.0. The molecule has 4 nitrogen and oxygen atoms in total. The van der Waals surface area contributed by atoms with Gasteiger partial charge in [0.15, 0.2) is 5.65 Å². The molecule has 2 heterocycles. The Hall–Kier alpha value is -1.45. The molecule has 4 heteroatoms. The van der Waals surface area contributed by atoms with Crippen LogP contribution in [0.1, 0.15) is 25.5 Å². The average Bonchev–Trinajstić information content (AvgIpc) is 2.48. The van der Waals surface area contributed by atoms with E-state index in [4.69, 9.17) is 0 Å². The summed E-state index contributed by atoms with van der Waals surface area (Å²) in [4.78, 5) is 15.4. The lowest BCUT2D eigenvalue weighted by Gasteiger charge is -1.87. The lowest BCUT2D eigenvalue weighted by atomic mass is 10.5. The number of nitrogens with one attached hydrogen (secondary N) is 1. The Morgan fingerprint density at radius 1 is 1.15 bits per heavy atom. The molecule has 0 atom stereocenters. The van der Waals surface area contributed by atoms with Crippen molar-refractivity contribution in [2.45, 2.75) is 27.7 Å². The summed E-state index contributed by atoms with van der Waals surface area (Å²) in [5.74, 6) is 1.63. The Bertz CT molecular complexity index is 391. The summed E-state index contributed by atoms with van der Waals surface area (Å²) in [6, 6.07) is 0. The second-order valence-corrected chi connectivity index (χ2v) is 2.48. The van der Waals surface area contributed by atoms with Gasteiger partial charge in [0, 0.05) is 0 Å². The van der Waals surface area contributed by atoms with Crippen molar-refractivity contribution in [3.8, 4) is 0 Å². The van der Waals surface area contributed by atoms with Gasteiger partial charge in [0.05, 0.1) is 6.20 Å². The lowest BCUT2D eigenvalue weighted by molar-refractivity contribution is 1.08. The molecule has 2 aromatic rings. The normalized spacial score (nSPS) is 9.54. The van der Waals surface area contributed by atoms with Crippen LogP contribution in [0.3, 0.4) is 0 Å². The highest BCUT2D eigenvalue weighted by Crippen LogP contribution is 2.05. The zero-order chi connectivity index (χ0) is 9.84. The Labute approximate surface area is 77.4 Å². The molecule has 0 bridgehead atoms. The molecule has 1 N–H and O–H groups in total. The first-order valence-corrected chi connectivity index (χ1v) is 4.41. The Kier molecular flexibility index (Phi) is 2.95. The van der Waals surface area contributed by atoms with Crippen LogP contribution in [-0.2, 0) is 0 Å². The van der Waals surface area contributed by atoms with E-state index in [2.05, 4.69) is 19.9 Å². The fraction of sp³-hybridized carbons (Fsp3) is 0.444. The quantitative estimate of drug-likeness (QED) is 0.671. The molecule has 2 rings (SSSR count). The Morgan fingerprint density at radius 3 is 2.54 bits per heavy atom. The number of hydrogen-bond donors (Lipinski definition) is 1. The number of rotatable bonds is 0. The van der Waals surface area contributed by atoms with Gasteiger partial charge in [-0.05, 0) is 13.8 Å². The van der Waals surface area contributed by atoms with Crippen LogP contribution >= 0.6 is 0 Å². The van der Waals surface area contributed by atoms with Crippen LogP contribution in [-0.4, -0.2) is 19.9 Å². The van der Waals surface area contributed by atoms with E-state index in [1.807, 2.05) is 27.7 Å². The first-order chi connectivity index (χ1) is 6.25. The number of nitrogens with zero attached hydrogens (tertiary/aromatic N) is 3. The zero-order valence-electron chi connectivity index (χ0n) is 8.42. The molecule has 0 saturated heterocycles. The van der Waals surface area contributed by atoms with Crippen LogP contribution < -0.4 is 0 Å². The molecule has 0 aliphatic heterocycles. The minimum atomic E-state index is 0.745. The number of aromatic nitrogens is 4. The highest BCUT2D eigenvalue weighted by Gasteiger charge is 1.99. The van der Waals surface area contributed by atoms with E-state index in [0.29, 0.717) is 0 Å². The topological polar surface area (TPSA) is 54.5 Å². The summed E-state index contributed by atoms with van der Waals surface area (Å²) >= 11 is 0. The molecule has 2 aromatic heterocycles. The molecule has 0 aliphatic carbocycles. The van der Waals surface area contributed by atoms with E-state index in [9.17, 15) is 0 Å². The second kappa shape index (κ2) is 3.98. The van der Waals surface area contributed by atoms with Crippen LogP contribution in [0.25, 0.3) is 11.2 Å². The van der Waals surface area contributed by atoms with Gasteiger partial charge in [-0.15, -0.1) is 0 Å². The minimum Gasteiger partial charge on any atom is -0.340 e. The molecule has 0 saturated carbocycles. The van der Waals surface area contributed by atoms with Crippen molar-refractivity contribution in [2.75, 3.05) is 0 Å². The molecule has 0 spiro atoms. The van der Waals surface area contributed by atoms with Gasteiger partial charge in [0.1, 0.15) is 17.2 Å². The predicted molar refractivity (Wildman–Crippen MR) is 52.5 cm³/mol. The van der Waals surface area contributed by atoms with Crippen LogP contribution in [0, 0.1) is 13.8 Å². The maximum absolute atomic E-state index is 4.17. The molecule has 0 aromatic carbocycles. The van der Waals surface area contributed by atoms with Gasteiger partial charge in [-0.1, -0.05) is 13.8 Å². The lowest BCUT2D eigenvalue weighted by Crippen LogP contribution is -1.85. The first kappa shape index (κ1) is 9.64. The zero-order valence-corrected chi connectivity index (χ0v) is 8.42. The van der Waals surface area contributed by atoms with E-state index in [-0.39, 0.29) is 0 Å². The van der Waals surface area contributed by atoms with Crippen molar-refractivity contribution in [3.05, 3.63) is 17.8 Å². The van der Waals surface area contributed by atoms with Crippen molar-refractivity contribution in [1.82, 2.24) is 19.9 Å². The molecule has 0 radical (unpaired) electrons. The first-order valence-electron chi connectivity index (χ1n) is 4.41.